The molecule has 144 valence electrons. The number of hydrogen-bond donors (Lipinski definition) is 2. The smallest absolute Gasteiger partial charge is 0.191 e. The van der Waals surface area contributed by atoms with Gasteiger partial charge in [0.25, 0.3) is 0 Å². The van der Waals surface area contributed by atoms with Crippen molar-refractivity contribution in [3.63, 3.8) is 0 Å². The van der Waals surface area contributed by atoms with Crippen LogP contribution in [0.3, 0.4) is 0 Å². The van der Waals surface area contributed by atoms with Gasteiger partial charge in [0.05, 0.1) is 6.61 Å². The predicted octanol–water partition coefficient (Wildman–Crippen LogP) is 3.58. The number of ether oxygens (including phenoxy) is 2. The molecule has 1 aliphatic rings. The Morgan fingerprint density at radius 3 is 2.81 bits per heavy atom. The van der Waals surface area contributed by atoms with Gasteiger partial charge in [-0.15, -0.1) is 0 Å². The molecule has 0 aliphatic heterocycles. The van der Waals surface area contributed by atoms with Gasteiger partial charge in [-0.05, 0) is 50.7 Å². The van der Waals surface area contributed by atoms with Crippen LogP contribution in [0.15, 0.2) is 34.8 Å². The number of methoxy groups -OCH3 is 1. The molecule has 1 aromatic carbocycles. The molecule has 1 aliphatic carbocycles. The van der Waals surface area contributed by atoms with E-state index in [0.717, 1.165) is 30.2 Å². The van der Waals surface area contributed by atoms with Gasteiger partial charge in [0.1, 0.15) is 12.4 Å². The van der Waals surface area contributed by atoms with Crippen molar-refractivity contribution in [1.29, 1.82) is 0 Å². The third-order valence-corrected chi connectivity index (χ3v) is 4.56. The highest BCUT2D eigenvalue weighted by Gasteiger charge is 2.07. The average Bonchev–Trinajstić information content (AvgIpc) is 2.66. The van der Waals surface area contributed by atoms with Crippen molar-refractivity contribution in [2.24, 2.45) is 4.99 Å². The first kappa shape index (κ1) is 20.3. The summed E-state index contributed by atoms with van der Waals surface area (Å²) in [7, 11) is 3.49. The lowest BCUT2D eigenvalue weighted by molar-refractivity contribution is 0.145. The number of allylic oxidation sites excluding steroid dienone is 1. The summed E-state index contributed by atoms with van der Waals surface area (Å²) >= 11 is 0. The van der Waals surface area contributed by atoms with E-state index >= 15 is 0 Å². The van der Waals surface area contributed by atoms with Crippen LogP contribution in [-0.2, 0) is 11.3 Å². The zero-order chi connectivity index (χ0) is 18.6. The number of hydrogen-bond acceptors (Lipinski definition) is 3. The van der Waals surface area contributed by atoms with E-state index in [0.29, 0.717) is 19.8 Å². The van der Waals surface area contributed by atoms with Gasteiger partial charge in [-0.1, -0.05) is 23.8 Å². The van der Waals surface area contributed by atoms with Crippen LogP contribution in [0.2, 0.25) is 0 Å². The second-order valence-corrected chi connectivity index (χ2v) is 6.66. The normalized spacial score (nSPS) is 14.7. The average molecular weight is 360 g/mol. The molecule has 0 saturated carbocycles. The van der Waals surface area contributed by atoms with E-state index in [1.54, 1.807) is 19.7 Å². The van der Waals surface area contributed by atoms with Crippen LogP contribution >= 0.6 is 0 Å². The van der Waals surface area contributed by atoms with Crippen molar-refractivity contribution in [2.45, 2.75) is 45.6 Å². The molecular formula is C21H33N3O2. The van der Waals surface area contributed by atoms with Crippen molar-refractivity contribution in [1.82, 2.24) is 10.6 Å². The number of benzene rings is 1. The summed E-state index contributed by atoms with van der Waals surface area (Å²) in [6.45, 7) is 4.79. The molecule has 0 unspecified atom stereocenters. The van der Waals surface area contributed by atoms with E-state index in [4.69, 9.17) is 9.47 Å². The minimum Gasteiger partial charge on any atom is -0.491 e. The number of nitrogens with zero attached hydrogens (tertiary/aromatic N) is 1. The molecule has 2 rings (SSSR count). The molecule has 26 heavy (non-hydrogen) atoms. The maximum atomic E-state index is 5.85. The topological polar surface area (TPSA) is 54.9 Å². The van der Waals surface area contributed by atoms with Crippen LogP contribution in [-0.4, -0.2) is 39.9 Å². The van der Waals surface area contributed by atoms with Crippen LogP contribution in [0.25, 0.3) is 0 Å². The lowest BCUT2D eigenvalue weighted by atomic mass is 9.97. The Balaban J connectivity index is 1.82. The largest absolute Gasteiger partial charge is 0.491 e. The summed E-state index contributed by atoms with van der Waals surface area (Å²) in [6.07, 6.45) is 8.65. The molecule has 5 heteroatoms. The SMILES string of the molecule is CN=C(NCCC1=CCCCC1)NCc1ccc(C)cc1OCCOC. The monoisotopic (exact) mass is 359 g/mol. The second-order valence-electron chi connectivity index (χ2n) is 6.66. The molecule has 0 spiro atoms. The highest BCUT2D eigenvalue weighted by Crippen LogP contribution is 2.21. The maximum absolute atomic E-state index is 5.85. The predicted molar refractivity (Wildman–Crippen MR) is 108 cm³/mol. The van der Waals surface area contributed by atoms with Gasteiger partial charge < -0.3 is 20.1 Å². The Morgan fingerprint density at radius 2 is 2.08 bits per heavy atom. The highest BCUT2D eigenvalue weighted by molar-refractivity contribution is 5.79. The summed E-state index contributed by atoms with van der Waals surface area (Å²) in [5.41, 5.74) is 3.88. The van der Waals surface area contributed by atoms with Gasteiger partial charge in [0, 0.05) is 32.8 Å². The van der Waals surface area contributed by atoms with Gasteiger partial charge in [-0.3, -0.25) is 4.99 Å². The van der Waals surface area contributed by atoms with Crippen LogP contribution in [0.1, 0.15) is 43.2 Å². The molecule has 0 bridgehead atoms. The standard InChI is InChI=1S/C21H33N3O2/c1-17-9-10-19(20(15-17)26-14-13-25-3)16-24-21(22-2)23-12-11-18-7-5-4-6-8-18/h7,9-10,15H,4-6,8,11-14,16H2,1-3H3,(H2,22,23,24). The first-order chi connectivity index (χ1) is 12.7. The van der Waals surface area contributed by atoms with Crippen LogP contribution in [0, 0.1) is 6.92 Å². The maximum Gasteiger partial charge on any atom is 0.191 e. The summed E-state index contributed by atoms with van der Waals surface area (Å²) < 4.78 is 10.9. The lowest BCUT2D eigenvalue weighted by Gasteiger charge is -2.16. The van der Waals surface area contributed by atoms with E-state index in [-0.39, 0.29) is 0 Å². The molecule has 0 heterocycles. The van der Waals surface area contributed by atoms with Crippen molar-refractivity contribution < 1.29 is 9.47 Å². The fourth-order valence-electron chi connectivity index (χ4n) is 3.05. The minimum absolute atomic E-state index is 0.551. The summed E-state index contributed by atoms with van der Waals surface area (Å²) in [5, 5.41) is 6.79. The number of guanidine groups is 1. The van der Waals surface area contributed by atoms with E-state index in [1.165, 1.54) is 31.2 Å². The first-order valence-electron chi connectivity index (χ1n) is 9.56. The molecule has 0 atom stereocenters. The number of nitrogens with one attached hydrogen (secondary N) is 2. The molecule has 0 saturated heterocycles. The summed E-state index contributed by atoms with van der Waals surface area (Å²) in [6, 6.07) is 6.27. The molecule has 2 N–H and O–H groups in total. The number of aliphatic imine (C=N–C) groups is 1. The van der Waals surface area contributed by atoms with Crippen molar-refractivity contribution in [2.75, 3.05) is 33.9 Å². The summed E-state index contributed by atoms with van der Waals surface area (Å²) in [4.78, 5) is 4.32. The molecule has 0 aromatic heterocycles. The Bertz CT molecular complexity index is 611. The Hall–Kier alpha value is -2.01. The summed E-state index contributed by atoms with van der Waals surface area (Å²) in [5.74, 6) is 1.72. The zero-order valence-electron chi connectivity index (χ0n) is 16.4. The molecule has 0 radical (unpaired) electrons. The first-order valence-corrected chi connectivity index (χ1v) is 9.56. The Labute approximate surface area is 157 Å². The van der Waals surface area contributed by atoms with Gasteiger partial charge in [0.2, 0.25) is 0 Å². The van der Waals surface area contributed by atoms with E-state index in [2.05, 4.69) is 46.8 Å². The Kier molecular flexibility index (Phi) is 9.04. The van der Waals surface area contributed by atoms with E-state index in [9.17, 15) is 0 Å². The van der Waals surface area contributed by atoms with Crippen molar-refractivity contribution in [3.8, 4) is 5.75 Å². The molecule has 0 amide bonds. The van der Waals surface area contributed by atoms with Gasteiger partial charge in [-0.25, -0.2) is 0 Å². The fourth-order valence-corrected chi connectivity index (χ4v) is 3.05. The molecule has 0 fully saturated rings. The van der Waals surface area contributed by atoms with Gasteiger partial charge in [0.15, 0.2) is 5.96 Å². The Morgan fingerprint density at radius 1 is 1.19 bits per heavy atom. The van der Waals surface area contributed by atoms with Crippen LogP contribution < -0.4 is 15.4 Å². The zero-order valence-corrected chi connectivity index (χ0v) is 16.4. The van der Waals surface area contributed by atoms with Gasteiger partial charge in [-0.2, -0.15) is 0 Å². The minimum atomic E-state index is 0.551. The third kappa shape index (κ3) is 7.08. The number of rotatable bonds is 9. The molecular weight excluding hydrogens is 326 g/mol. The molecule has 1 aromatic rings. The van der Waals surface area contributed by atoms with Crippen molar-refractivity contribution >= 4 is 5.96 Å². The van der Waals surface area contributed by atoms with Crippen LogP contribution in [0.4, 0.5) is 0 Å². The molecule has 5 nitrogen and oxygen atoms in total. The van der Waals surface area contributed by atoms with Crippen molar-refractivity contribution in [3.05, 3.63) is 41.0 Å². The quantitative estimate of drug-likeness (QED) is 0.306. The van der Waals surface area contributed by atoms with Gasteiger partial charge >= 0.3 is 0 Å². The second kappa shape index (κ2) is 11.6. The lowest BCUT2D eigenvalue weighted by Crippen LogP contribution is -2.37. The van der Waals surface area contributed by atoms with Crippen LogP contribution in [0.5, 0.6) is 5.75 Å². The third-order valence-electron chi connectivity index (χ3n) is 4.56. The van der Waals surface area contributed by atoms with E-state index < -0.39 is 0 Å². The number of aryl methyl sites for hydroxylation is 1. The fraction of sp³-hybridized carbons (Fsp3) is 0.571. The highest BCUT2D eigenvalue weighted by atomic mass is 16.5. The van der Waals surface area contributed by atoms with E-state index in [1.807, 2.05) is 0 Å².